The molecule has 0 radical (unpaired) electrons. The Morgan fingerprint density at radius 3 is 2.76 bits per heavy atom. The van der Waals surface area contributed by atoms with Gasteiger partial charge in [0.2, 0.25) is 0 Å². The number of nitrogen functional groups attached to an aromatic ring is 1. The summed E-state index contributed by atoms with van der Waals surface area (Å²) in [5.41, 5.74) is 8.52. The summed E-state index contributed by atoms with van der Waals surface area (Å²) in [5, 5.41) is 4.05. The molecule has 3 nitrogen and oxygen atoms in total. The Morgan fingerprint density at radius 2 is 2.00 bits per heavy atom. The predicted molar refractivity (Wildman–Crippen MR) is 88.5 cm³/mol. The monoisotopic (exact) mass is 365 g/mol. The molecule has 0 amide bonds. The van der Waals surface area contributed by atoms with Crippen LogP contribution in [-0.4, -0.2) is 4.98 Å². The molecule has 0 atom stereocenters. The molecule has 0 unspecified atom stereocenters. The van der Waals surface area contributed by atoms with Gasteiger partial charge in [-0.25, -0.2) is 4.39 Å². The number of anilines is 3. The number of rotatable bonds is 2. The first-order valence-electron chi connectivity index (χ1n) is 6.10. The van der Waals surface area contributed by atoms with Crippen LogP contribution in [0.1, 0.15) is 0 Å². The zero-order chi connectivity index (χ0) is 15.0. The van der Waals surface area contributed by atoms with E-state index in [0.29, 0.717) is 17.1 Å². The van der Waals surface area contributed by atoms with Crippen LogP contribution in [-0.2, 0) is 0 Å². The van der Waals surface area contributed by atoms with Crippen LogP contribution >= 0.6 is 27.5 Å². The number of aromatic nitrogens is 1. The molecular formula is C15H10BrClFN3. The molecule has 3 rings (SSSR count). The van der Waals surface area contributed by atoms with Crippen molar-refractivity contribution in [2.75, 3.05) is 11.1 Å². The van der Waals surface area contributed by atoms with Crippen molar-refractivity contribution in [2.45, 2.75) is 0 Å². The molecule has 3 aromatic rings. The summed E-state index contributed by atoms with van der Waals surface area (Å²) in [7, 11) is 0. The lowest BCUT2D eigenvalue weighted by Crippen LogP contribution is -1.99. The third kappa shape index (κ3) is 2.80. The highest BCUT2D eigenvalue weighted by Crippen LogP contribution is 2.33. The minimum atomic E-state index is -0.486. The Morgan fingerprint density at radius 1 is 1.19 bits per heavy atom. The molecule has 0 fully saturated rings. The van der Waals surface area contributed by atoms with Crippen molar-refractivity contribution >= 4 is 55.5 Å². The van der Waals surface area contributed by atoms with Crippen LogP contribution in [0.25, 0.3) is 10.9 Å². The number of fused-ring (bicyclic) bond motifs is 1. The van der Waals surface area contributed by atoms with Gasteiger partial charge in [0.15, 0.2) is 0 Å². The molecule has 0 aliphatic rings. The molecule has 0 saturated heterocycles. The second kappa shape index (κ2) is 5.50. The van der Waals surface area contributed by atoms with Crippen LogP contribution in [0.5, 0.6) is 0 Å². The van der Waals surface area contributed by atoms with Crippen molar-refractivity contribution in [3.8, 4) is 0 Å². The van der Waals surface area contributed by atoms with Crippen molar-refractivity contribution in [1.29, 1.82) is 0 Å². The maximum Gasteiger partial charge on any atom is 0.143 e. The molecule has 3 N–H and O–H groups in total. The molecule has 0 spiro atoms. The number of benzene rings is 2. The van der Waals surface area contributed by atoms with Crippen molar-refractivity contribution in [3.05, 3.63) is 57.9 Å². The first-order chi connectivity index (χ1) is 10.0. The Balaban J connectivity index is 2.12. The number of nitrogens with one attached hydrogen (secondary N) is 1. The predicted octanol–water partition coefficient (Wildman–Crippen LogP) is 5.12. The number of pyridine rings is 1. The highest BCUT2D eigenvalue weighted by Gasteiger charge is 2.09. The number of nitrogens with zero attached hydrogens (tertiary/aromatic N) is 1. The van der Waals surface area contributed by atoms with Gasteiger partial charge >= 0.3 is 0 Å². The van der Waals surface area contributed by atoms with Crippen LogP contribution in [0.4, 0.5) is 21.5 Å². The average molecular weight is 367 g/mol. The number of hydrogen-bond acceptors (Lipinski definition) is 3. The van der Waals surface area contributed by atoms with E-state index in [9.17, 15) is 4.39 Å². The average Bonchev–Trinajstić information content (AvgIpc) is 2.46. The Kier molecular flexibility index (Phi) is 3.69. The quantitative estimate of drug-likeness (QED) is 0.662. The van der Waals surface area contributed by atoms with Gasteiger partial charge in [0.25, 0.3) is 0 Å². The lowest BCUT2D eigenvalue weighted by Gasteiger charge is -2.13. The summed E-state index contributed by atoms with van der Waals surface area (Å²) in [6.45, 7) is 0. The number of nitrogens with two attached hydrogens (primary N) is 1. The summed E-state index contributed by atoms with van der Waals surface area (Å²) >= 11 is 9.11. The summed E-state index contributed by atoms with van der Waals surface area (Å²) in [6, 6.07) is 10.2. The SMILES string of the molecule is Nc1cnc2ccc(Br)cc2c1Nc1ccc(Cl)c(F)c1. The number of hydrogen-bond donors (Lipinski definition) is 2. The van der Waals surface area contributed by atoms with Crippen LogP contribution in [0.3, 0.4) is 0 Å². The van der Waals surface area contributed by atoms with E-state index in [-0.39, 0.29) is 5.02 Å². The van der Waals surface area contributed by atoms with Gasteiger partial charge in [-0.05, 0) is 36.4 Å². The fourth-order valence-electron chi connectivity index (χ4n) is 2.04. The van der Waals surface area contributed by atoms with Crippen LogP contribution in [0, 0.1) is 5.82 Å². The summed E-state index contributed by atoms with van der Waals surface area (Å²) in [5.74, 6) is -0.486. The minimum absolute atomic E-state index is 0.0795. The Hall–Kier alpha value is -1.85. The van der Waals surface area contributed by atoms with Crippen molar-refractivity contribution < 1.29 is 4.39 Å². The first-order valence-corrected chi connectivity index (χ1v) is 7.27. The molecular weight excluding hydrogens is 357 g/mol. The highest BCUT2D eigenvalue weighted by molar-refractivity contribution is 9.10. The van der Waals surface area contributed by atoms with Gasteiger partial charge in [-0.3, -0.25) is 4.98 Å². The summed E-state index contributed by atoms with van der Waals surface area (Å²) in [4.78, 5) is 4.27. The highest BCUT2D eigenvalue weighted by atomic mass is 79.9. The largest absolute Gasteiger partial charge is 0.396 e. The van der Waals surface area contributed by atoms with E-state index in [1.165, 1.54) is 12.1 Å². The minimum Gasteiger partial charge on any atom is -0.396 e. The zero-order valence-electron chi connectivity index (χ0n) is 10.7. The molecule has 1 heterocycles. The number of halogens is 3. The van der Waals surface area contributed by atoms with E-state index in [4.69, 9.17) is 17.3 Å². The Labute approximate surface area is 134 Å². The molecule has 6 heteroatoms. The van der Waals surface area contributed by atoms with Gasteiger partial charge in [0, 0.05) is 15.5 Å². The van der Waals surface area contributed by atoms with Gasteiger partial charge < -0.3 is 11.1 Å². The van der Waals surface area contributed by atoms with Gasteiger partial charge in [0.05, 0.1) is 28.1 Å². The molecule has 0 aliphatic carbocycles. The molecule has 0 aliphatic heterocycles. The maximum atomic E-state index is 13.5. The van der Waals surface area contributed by atoms with Gasteiger partial charge in [-0.2, -0.15) is 0 Å². The van der Waals surface area contributed by atoms with E-state index in [0.717, 1.165) is 15.4 Å². The van der Waals surface area contributed by atoms with Crippen LogP contribution in [0.2, 0.25) is 5.02 Å². The summed E-state index contributed by atoms with van der Waals surface area (Å²) < 4.78 is 14.4. The molecule has 0 bridgehead atoms. The lowest BCUT2D eigenvalue weighted by atomic mass is 10.1. The van der Waals surface area contributed by atoms with Crippen molar-refractivity contribution in [2.24, 2.45) is 0 Å². The first kappa shape index (κ1) is 14.1. The van der Waals surface area contributed by atoms with Crippen molar-refractivity contribution in [1.82, 2.24) is 4.98 Å². The smallest absolute Gasteiger partial charge is 0.143 e. The zero-order valence-corrected chi connectivity index (χ0v) is 13.0. The topological polar surface area (TPSA) is 50.9 Å². The molecule has 1 aromatic heterocycles. The normalized spacial score (nSPS) is 10.8. The molecule has 0 saturated carbocycles. The molecule has 21 heavy (non-hydrogen) atoms. The van der Waals surface area contributed by atoms with E-state index in [1.807, 2.05) is 18.2 Å². The van der Waals surface area contributed by atoms with Gasteiger partial charge in [0.1, 0.15) is 5.82 Å². The lowest BCUT2D eigenvalue weighted by molar-refractivity contribution is 0.629. The summed E-state index contributed by atoms with van der Waals surface area (Å²) in [6.07, 6.45) is 1.57. The fraction of sp³-hybridized carbons (Fsp3) is 0. The Bertz CT molecular complexity index is 833. The molecule has 2 aromatic carbocycles. The van der Waals surface area contributed by atoms with Gasteiger partial charge in [-0.15, -0.1) is 0 Å². The van der Waals surface area contributed by atoms with E-state index >= 15 is 0 Å². The second-order valence-electron chi connectivity index (χ2n) is 4.50. The van der Waals surface area contributed by atoms with E-state index in [2.05, 4.69) is 26.2 Å². The van der Waals surface area contributed by atoms with Crippen LogP contribution < -0.4 is 11.1 Å². The third-order valence-electron chi connectivity index (χ3n) is 3.05. The second-order valence-corrected chi connectivity index (χ2v) is 5.83. The standard InChI is InChI=1S/C15H10BrClFN3/c16-8-1-4-14-10(5-8)15(13(19)7-20-14)21-9-2-3-11(17)12(18)6-9/h1-7H,19H2,(H,20,21). The van der Waals surface area contributed by atoms with Crippen molar-refractivity contribution in [3.63, 3.8) is 0 Å². The van der Waals surface area contributed by atoms with Crippen LogP contribution in [0.15, 0.2) is 47.1 Å². The fourth-order valence-corrected chi connectivity index (χ4v) is 2.52. The third-order valence-corrected chi connectivity index (χ3v) is 3.85. The van der Waals surface area contributed by atoms with E-state index < -0.39 is 5.82 Å². The van der Waals surface area contributed by atoms with E-state index in [1.54, 1.807) is 12.3 Å². The molecule has 106 valence electrons. The maximum absolute atomic E-state index is 13.5. The van der Waals surface area contributed by atoms with Gasteiger partial charge in [-0.1, -0.05) is 27.5 Å².